The molecule has 2 unspecified atom stereocenters. The second-order valence-corrected chi connectivity index (χ2v) is 11.0. The molecule has 186 valence electrons. The van der Waals surface area contributed by atoms with Crippen LogP contribution in [-0.2, 0) is 26.0 Å². The van der Waals surface area contributed by atoms with E-state index in [4.69, 9.17) is 23.2 Å². The van der Waals surface area contributed by atoms with E-state index in [2.05, 4.69) is 5.32 Å². The first kappa shape index (κ1) is 28.0. The second-order valence-electron chi connectivity index (χ2n) is 8.21. The minimum absolute atomic E-state index is 0.0536. The maximum atomic E-state index is 13.4. The Kier molecular flexibility index (Phi) is 10.2. The first-order valence-corrected chi connectivity index (χ1v) is 13.6. The topological polar surface area (TPSA) is 86.8 Å². The number of nitrogens with one attached hydrogen (secondary N) is 1. The molecule has 10 heteroatoms. The van der Waals surface area contributed by atoms with Gasteiger partial charge in [-0.05, 0) is 50.5 Å². The molecule has 2 aromatic rings. The van der Waals surface area contributed by atoms with E-state index < -0.39 is 28.5 Å². The summed E-state index contributed by atoms with van der Waals surface area (Å²) in [5.41, 5.74) is 1.17. The minimum atomic E-state index is -3.85. The van der Waals surface area contributed by atoms with Crippen molar-refractivity contribution in [3.63, 3.8) is 0 Å². The predicted octanol–water partition coefficient (Wildman–Crippen LogP) is 4.13. The first-order valence-electron chi connectivity index (χ1n) is 11.0. The fraction of sp³-hybridized carbons (Fsp3) is 0.417. The van der Waals surface area contributed by atoms with Crippen molar-refractivity contribution in [1.29, 1.82) is 0 Å². The number of carbonyl (C=O) groups is 2. The molecule has 7 nitrogen and oxygen atoms in total. The van der Waals surface area contributed by atoms with Crippen molar-refractivity contribution in [2.24, 2.45) is 0 Å². The summed E-state index contributed by atoms with van der Waals surface area (Å²) in [5.74, 6) is -0.809. The van der Waals surface area contributed by atoms with E-state index in [0.717, 1.165) is 22.5 Å². The van der Waals surface area contributed by atoms with Crippen LogP contribution >= 0.6 is 23.2 Å². The van der Waals surface area contributed by atoms with Gasteiger partial charge in [0.1, 0.15) is 12.6 Å². The Morgan fingerprint density at radius 2 is 1.62 bits per heavy atom. The molecular formula is C24H31Cl2N3O4S. The van der Waals surface area contributed by atoms with E-state index in [0.29, 0.717) is 6.42 Å². The molecule has 0 fully saturated rings. The summed E-state index contributed by atoms with van der Waals surface area (Å²) in [7, 11) is -3.85. The molecule has 0 bridgehead atoms. The number of benzene rings is 2. The molecule has 2 amide bonds. The highest BCUT2D eigenvalue weighted by Gasteiger charge is 2.30. The van der Waals surface area contributed by atoms with Gasteiger partial charge in [0.05, 0.1) is 11.9 Å². The van der Waals surface area contributed by atoms with Crippen molar-refractivity contribution in [2.75, 3.05) is 23.7 Å². The Balaban J connectivity index is 2.34. The molecule has 2 atom stereocenters. The third kappa shape index (κ3) is 8.18. The molecule has 0 aliphatic carbocycles. The van der Waals surface area contributed by atoms with Gasteiger partial charge in [0.15, 0.2) is 0 Å². The Labute approximate surface area is 212 Å². The summed E-state index contributed by atoms with van der Waals surface area (Å²) in [6.45, 7) is 5.22. The number of carbonyl (C=O) groups excluding carboxylic acids is 2. The number of rotatable bonds is 11. The van der Waals surface area contributed by atoms with Gasteiger partial charge in [-0.25, -0.2) is 8.42 Å². The number of nitrogens with zero attached hydrogens (tertiary/aromatic N) is 2. The average molecular weight is 529 g/mol. The van der Waals surface area contributed by atoms with Crippen LogP contribution in [0.25, 0.3) is 0 Å². The molecule has 0 heterocycles. The molecule has 0 saturated carbocycles. The fourth-order valence-corrected chi connectivity index (χ4v) is 4.68. The number of hydrogen-bond donors (Lipinski definition) is 1. The number of hydrogen-bond acceptors (Lipinski definition) is 4. The third-order valence-corrected chi connectivity index (χ3v) is 7.04. The minimum Gasteiger partial charge on any atom is -0.352 e. The number of halogens is 2. The normalized spacial score (nSPS) is 13.1. The summed E-state index contributed by atoms with van der Waals surface area (Å²) >= 11 is 12.1. The van der Waals surface area contributed by atoms with Gasteiger partial charge in [-0.15, -0.1) is 0 Å². The lowest BCUT2D eigenvalue weighted by atomic mass is 10.1. The molecule has 0 spiro atoms. The smallest absolute Gasteiger partial charge is 0.244 e. The Morgan fingerprint density at radius 1 is 1.03 bits per heavy atom. The van der Waals surface area contributed by atoms with E-state index in [1.54, 1.807) is 6.92 Å². The zero-order chi connectivity index (χ0) is 25.5. The first-order chi connectivity index (χ1) is 15.9. The van der Waals surface area contributed by atoms with Crippen molar-refractivity contribution < 1.29 is 18.0 Å². The molecular weight excluding hydrogens is 497 g/mol. The van der Waals surface area contributed by atoms with E-state index >= 15 is 0 Å². The van der Waals surface area contributed by atoms with Crippen LogP contribution in [0.15, 0.2) is 48.5 Å². The lowest BCUT2D eigenvalue weighted by molar-refractivity contribution is -0.139. The highest BCUT2D eigenvalue weighted by molar-refractivity contribution is 7.92. The molecule has 2 rings (SSSR count). The second kappa shape index (κ2) is 12.4. The van der Waals surface area contributed by atoms with Gasteiger partial charge in [0.25, 0.3) is 0 Å². The molecule has 0 saturated heterocycles. The van der Waals surface area contributed by atoms with Gasteiger partial charge in [-0.1, -0.05) is 60.5 Å². The van der Waals surface area contributed by atoms with Crippen LogP contribution in [0.4, 0.5) is 5.69 Å². The standard InChI is InChI=1S/C24H31Cl2N3O4S/c1-5-17(2)27-24(31)18(3)28(12-11-19-9-7-6-8-10-19)23(30)16-29(34(4,32)33)22-14-20(25)13-21(26)15-22/h6-10,13-15,17-18H,5,11-12,16H2,1-4H3,(H,27,31). The zero-order valence-electron chi connectivity index (χ0n) is 19.8. The van der Waals surface area contributed by atoms with Gasteiger partial charge in [0.2, 0.25) is 21.8 Å². The van der Waals surface area contributed by atoms with E-state index in [-0.39, 0.29) is 34.2 Å². The maximum Gasteiger partial charge on any atom is 0.244 e. The van der Waals surface area contributed by atoms with Crippen LogP contribution in [0, 0.1) is 0 Å². The summed E-state index contributed by atoms with van der Waals surface area (Å²) in [6.07, 6.45) is 2.26. The SMILES string of the molecule is CCC(C)NC(=O)C(C)N(CCc1ccccc1)C(=O)CN(c1cc(Cl)cc(Cl)c1)S(C)(=O)=O. The van der Waals surface area contributed by atoms with Crippen LogP contribution in [0.1, 0.15) is 32.8 Å². The number of sulfonamides is 1. The Morgan fingerprint density at radius 3 is 2.15 bits per heavy atom. The Bertz CT molecular complexity index is 1080. The predicted molar refractivity (Wildman–Crippen MR) is 138 cm³/mol. The van der Waals surface area contributed by atoms with Crippen LogP contribution in [0.3, 0.4) is 0 Å². The third-order valence-electron chi connectivity index (χ3n) is 5.47. The molecule has 1 N–H and O–H groups in total. The number of amides is 2. The quantitative estimate of drug-likeness (QED) is 0.475. The summed E-state index contributed by atoms with van der Waals surface area (Å²) in [4.78, 5) is 27.7. The van der Waals surface area contributed by atoms with Crippen molar-refractivity contribution in [3.8, 4) is 0 Å². The van der Waals surface area contributed by atoms with Gasteiger partial charge >= 0.3 is 0 Å². The molecule has 0 radical (unpaired) electrons. The van der Waals surface area contributed by atoms with Gasteiger partial charge in [-0.2, -0.15) is 0 Å². The molecule has 2 aromatic carbocycles. The van der Waals surface area contributed by atoms with Crippen molar-refractivity contribution in [3.05, 3.63) is 64.1 Å². The van der Waals surface area contributed by atoms with E-state index in [1.165, 1.54) is 23.1 Å². The lowest BCUT2D eigenvalue weighted by Crippen LogP contribution is -2.53. The van der Waals surface area contributed by atoms with Crippen LogP contribution < -0.4 is 9.62 Å². The average Bonchev–Trinajstić information content (AvgIpc) is 2.76. The molecule has 34 heavy (non-hydrogen) atoms. The van der Waals surface area contributed by atoms with Crippen LogP contribution in [0.5, 0.6) is 0 Å². The molecule has 0 aliphatic heterocycles. The summed E-state index contributed by atoms with van der Waals surface area (Å²) < 4.78 is 26.1. The highest BCUT2D eigenvalue weighted by atomic mass is 35.5. The zero-order valence-corrected chi connectivity index (χ0v) is 22.1. The molecule has 0 aromatic heterocycles. The van der Waals surface area contributed by atoms with Crippen LogP contribution in [-0.4, -0.2) is 56.6 Å². The van der Waals surface area contributed by atoms with Crippen molar-refractivity contribution in [1.82, 2.24) is 10.2 Å². The van der Waals surface area contributed by atoms with Gasteiger partial charge in [0, 0.05) is 22.6 Å². The highest BCUT2D eigenvalue weighted by Crippen LogP contribution is 2.27. The monoisotopic (exact) mass is 527 g/mol. The van der Waals surface area contributed by atoms with E-state index in [9.17, 15) is 18.0 Å². The van der Waals surface area contributed by atoms with Gasteiger partial charge < -0.3 is 10.2 Å². The van der Waals surface area contributed by atoms with E-state index in [1.807, 2.05) is 44.2 Å². The number of anilines is 1. The van der Waals surface area contributed by atoms with Crippen LogP contribution in [0.2, 0.25) is 10.0 Å². The van der Waals surface area contributed by atoms with Gasteiger partial charge in [-0.3, -0.25) is 13.9 Å². The molecule has 0 aliphatic rings. The maximum absolute atomic E-state index is 13.4. The van der Waals surface area contributed by atoms with Crippen molar-refractivity contribution in [2.45, 2.75) is 45.7 Å². The Hall–Kier alpha value is -2.29. The largest absolute Gasteiger partial charge is 0.352 e. The summed E-state index contributed by atoms with van der Waals surface area (Å²) in [6, 6.07) is 13.0. The summed E-state index contributed by atoms with van der Waals surface area (Å²) in [5, 5.41) is 3.38. The fourth-order valence-electron chi connectivity index (χ4n) is 3.33. The lowest BCUT2D eigenvalue weighted by Gasteiger charge is -2.32. The van der Waals surface area contributed by atoms with Crippen molar-refractivity contribution >= 4 is 50.7 Å².